The van der Waals surface area contributed by atoms with E-state index in [0.717, 1.165) is 25.7 Å². The minimum absolute atomic E-state index is 0.0243. The van der Waals surface area contributed by atoms with Crippen LogP contribution in [0.3, 0.4) is 0 Å². The van der Waals surface area contributed by atoms with Gasteiger partial charge in [-0.05, 0) is 25.0 Å². The summed E-state index contributed by atoms with van der Waals surface area (Å²) in [5, 5.41) is 0. The molecule has 0 aromatic rings. The molecule has 0 bridgehead atoms. The number of hydrogen-bond donors (Lipinski definition) is 0. The first-order valence-electron chi connectivity index (χ1n) is 4.55. The van der Waals surface area contributed by atoms with E-state index in [9.17, 15) is 9.59 Å². The molecule has 2 atom stereocenters. The minimum atomic E-state index is 0.0243. The third-order valence-electron chi connectivity index (χ3n) is 2.91. The molecule has 0 aromatic carbocycles. The van der Waals surface area contributed by atoms with E-state index in [1.807, 2.05) is 0 Å². The van der Waals surface area contributed by atoms with Crippen LogP contribution in [0.2, 0.25) is 0 Å². The van der Waals surface area contributed by atoms with E-state index in [4.69, 9.17) is 0 Å². The molecule has 0 radical (unpaired) electrons. The highest BCUT2D eigenvalue weighted by molar-refractivity contribution is 6.07. The predicted octanol–water partition coefficient (Wildman–Crippen LogP) is 1.50. The van der Waals surface area contributed by atoms with Crippen LogP contribution in [0.5, 0.6) is 0 Å². The van der Waals surface area contributed by atoms with Gasteiger partial charge in [0.2, 0.25) is 0 Å². The van der Waals surface area contributed by atoms with Gasteiger partial charge in [-0.2, -0.15) is 0 Å². The third-order valence-corrected chi connectivity index (χ3v) is 2.91. The molecule has 12 heavy (non-hydrogen) atoms. The van der Waals surface area contributed by atoms with Crippen molar-refractivity contribution in [2.24, 2.45) is 11.8 Å². The van der Waals surface area contributed by atoms with Gasteiger partial charge < -0.3 is 0 Å². The Morgan fingerprint density at radius 2 is 1.33 bits per heavy atom. The van der Waals surface area contributed by atoms with Crippen molar-refractivity contribution in [1.29, 1.82) is 0 Å². The quantitative estimate of drug-likeness (QED) is 0.543. The average Bonchev–Trinajstić information content (AvgIpc) is 2.12. The Hall–Kier alpha value is -0.920. The Kier molecular flexibility index (Phi) is 1.83. The monoisotopic (exact) mass is 164 g/mol. The number of carbonyl (C=O) groups excluding carboxylic acids is 2. The van der Waals surface area contributed by atoms with Gasteiger partial charge >= 0.3 is 0 Å². The van der Waals surface area contributed by atoms with Crippen molar-refractivity contribution in [2.75, 3.05) is 0 Å². The Bertz CT molecular complexity index is 227. The third kappa shape index (κ3) is 1.11. The number of hydrogen-bond acceptors (Lipinski definition) is 2. The molecule has 0 amide bonds. The maximum absolute atomic E-state index is 11.3. The maximum Gasteiger partial charge on any atom is 0.159 e. The summed E-state index contributed by atoms with van der Waals surface area (Å²) in [5.41, 5.74) is 0. The van der Waals surface area contributed by atoms with E-state index < -0.39 is 0 Å². The molecule has 0 spiro atoms. The first-order valence-corrected chi connectivity index (χ1v) is 4.55. The summed E-state index contributed by atoms with van der Waals surface area (Å²) in [7, 11) is 0. The maximum atomic E-state index is 11.3. The van der Waals surface area contributed by atoms with Crippen molar-refractivity contribution in [1.82, 2.24) is 0 Å². The van der Waals surface area contributed by atoms with Crippen molar-refractivity contribution < 1.29 is 9.59 Å². The number of rotatable bonds is 0. The van der Waals surface area contributed by atoms with Gasteiger partial charge in [0.25, 0.3) is 0 Å². The highest BCUT2D eigenvalue weighted by atomic mass is 16.1. The molecule has 0 aromatic heterocycles. The molecule has 2 unspecified atom stereocenters. The largest absolute Gasteiger partial charge is 0.295 e. The minimum Gasteiger partial charge on any atom is -0.295 e. The highest BCUT2D eigenvalue weighted by Gasteiger charge is 2.35. The van der Waals surface area contributed by atoms with E-state index in [2.05, 4.69) is 0 Å². The Morgan fingerprint density at radius 1 is 0.917 bits per heavy atom. The highest BCUT2D eigenvalue weighted by Crippen LogP contribution is 2.33. The molecule has 0 saturated heterocycles. The molecule has 2 heteroatoms. The molecule has 2 aliphatic carbocycles. The molecule has 1 saturated carbocycles. The molecule has 2 nitrogen and oxygen atoms in total. The van der Waals surface area contributed by atoms with Crippen molar-refractivity contribution in [3.05, 3.63) is 12.2 Å². The Morgan fingerprint density at radius 3 is 1.75 bits per heavy atom. The van der Waals surface area contributed by atoms with E-state index in [1.165, 1.54) is 12.2 Å². The van der Waals surface area contributed by atoms with Crippen molar-refractivity contribution in [2.45, 2.75) is 25.7 Å². The van der Waals surface area contributed by atoms with Gasteiger partial charge in [0, 0.05) is 11.8 Å². The van der Waals surface area contributed by atoms with Crippen LogP contribution in [-0.2, 0) is 9.59 Å². The fourth-order valence-corrected chi connectivity index (χ4v) is 2.22. The summed E-state index contributed by atoms with van der Waals surface area (Å²) in [6.45, 7) is 0. The molecule has 0 heterocycles. The second-order valence-corrected chi connectivity index (χ2v) is 3.64. The molecular formula is C10H12O2. The van der Waals surface area contributed by atoms with Crippen LogP contribution in [0, 0.1) is 11.8 Å². The van der Waals surface area contributed by atoms with E-state index in [1.54, 1.807) is 0 Å². The summed E-state index contributed by atoms with van der Waals surface area (Å²) in [6, 6.07) is 0. The molecule has 2 aliphatic rings. The van der Waals surface area contributed by atoms with Crippen LogP contribution in [-0.4, -0.2) is 11.6 Å². The fourth-order valence-electron chi connectivity index (χ4n) is 2.22. The fraction of sp³-hybridized carbons (Fsp3) is 0.600. The zero-order valence-electron chi connectivity index (χ0n) is 6.95. The lowest BCUT2D eigenvalue weighted by atomic mass is 9.72. The standard InChI is InChI=1S/C10H12O2/c11-9-5-6-10(12)8-4-2-1-3-7(8)9/h5-8H,1-4H2. The summed E-state index contributed by atoms with van der Waals surface area (Å²) in [5.74, 6) is 0.381. The molecule has 2 rings (SSSR count). The Balaban J connectivity index is 2.26. The van der Waals surface area contributed by atoms with Crippen LogP contribution >= 0.6 is 0 Å². The van der Waals surface area contributed by atoms with Crippen LogP contribution < -0.4 is 0 Å². The van der Waals surface area contributed by atoms with Gasteiger partial charge in [0.1, 0.15) is 0 Å². The first-order chi connectivity index (χ1) is 5.79. The van der Waals surface area contributed by atoms with Gasteiger partial charge in [-0.25, -0.2) is 0 Å². The predicted molar refractivity (Wildman–Crippen MR) is 44.6 cm³/mol. The lowest BCUT2D eigenvalue weighted by Crippen LogP contribution is -2.34. The van der Waals surface area contributed by atoms with Crippen LogP contribution in [0.25, 0.3) is 0 Å². The number of carbonyl (C=O) groups is 2. The normalized spacial score (nSPS) is 35.0. The van der Waals surface area contributed by atoms with E-state index in [0.29, 0.717) is 0 Å². The van der Waals surface area contributed by atoms with Crippen LogP contribution in [0.15, 0.2) is 12.2 Å². The molecule has 1 fully saturated rings. The molecule has 0 N–H and O–H groups in total. The lowest BCUT2D eigenvalue weighted by Gasteiger charge is -2.29. The van der Waals surface area contributed by atoms with Crippen molar-refractivity contribution in [3.8, 4) is 0 Å². The van der Waals surface area contributed by atoms with Gasteiger partial charge in [-0.1, -0.05) is 12.8 Å². The number of fused-ring (bicyclic) bond motifs is 1. The second kappa shape index (κ2) is 2.85. The van der Waals surface area contributed by atoms with Gasteiger partial charge in [-0.3, -0.25) is 9.59 Å². The van der Waals surface area contributed by atoms with Gasteiger partial charge in [-0.15, -0.1) is 0 Å². The number of ketones is 2. The average molecular weight is 164 g/mol. The summed E-state index contributed by atoms with van der Waals surface area (Å²) < 4.78 is 0. The zero-order chi connectivity index (χ0) is 8.55. The van der Waals surface area contributed by atoms with Crippen LogP contribution in [0.4, 0.5) is 0 Å². The lowest BCUT2D eigenvalue weighted by molar-refractivity contribution is -0.130. The summed E-state index contributed by atoms with van der Waals surface area (Å²) >= 11 is 0. The van der Waals surface area contributed by atoms with Crippen molar-refractivity contribution in [3.63, 3.8) is 0 Å². The molecular weight excluding hydrogens is 152 g/mol. The molecule has 0 aliphatic heterocycles. The first kappa shape index (κ1) is 7.71. The van der Waals surface area contributed by atoms with Gasteiger partial charge in [0.05, 0.1) is 0 Å². The summed E-state index contributed by atoms with van der Waals surface area (Å²) in [6.07, 6.45) is 6.95. The summed E-state index contributed by atoms with van der Waals surface area (Å²) in [4.78, 5) is 22.7. The molecule has 64 valence electrons. The topological polar surface area (TPSA) is 34.1 Å². The Labute approximate surface area is 71.6 Å². The SMILES string of the molecule is O=C1C=CC(=O)C2CCCCC12. The second-order valence-electron chi connectivity index (χ2n) is 3.64. The zero-order valence-corrected chi connectivity index (χ0v) is 6.95. The van der Waals surface area contributed by atoms with Gasteiger partial charge in [0.15, 0.2) is 11.6 Å². The van der Waals surface area contributed by atoms with Crippen LogP contribution in [0.1, 0.15) is 25.7 Å². The smallest absolute Gasteiger partial charge is 0.159 e. The van der Waals surface area contributed by atoms with Crippen molar-refractivity contribution >= 4 is 11.6 Å². The van der Waals surface area contributed by atoms with E-state index in [-0.39, 0.29) is 23.4 Å². The number of allylic oxidation sites excluding steroid dienone is 2. The van der Waals surface area contributed by atoms with E-state index >= 15 is 0 Å².